The Morgan fingerprint density at radius 3 is 1.40 bits per heavy atom. The predicted octanol–water partition coefficient (Wildman–Crippen LogP) is 13.9. The lowest BCUT2D eigenvalue weighted by Crippen LogP contribution is -2.09. The Labute approximate surface area is 303 Å². The Morgan fingerprint density at radius 1 is 0.288 bits per heavy atom. The molecule has 0 amide bonds. The smallest absolute Gasteiger partial charge is 0.0547 e. The van der Waals surface area contributed by atoms with Crippen LogP contribution in [0.3, 0.4) is 0 Å². The first kappa shape index (κ1) is 30.0. The topological polar surface area (TPSA) is 8.17 Å². The lowest BCUT2D eigenvalue weighted by atomic mass is 9.98. The fraction of sp³-hybridized carbons (Fsp3) is 0. The highest BCUT2D eigenvalue weighted by molar-refractivity contribution is 6.18. The molecule has 0 aliphatic carbocycles. The van der Waals surface area contributed by atoms with Gasteiger partial charge in [0.2, 0.25) is 0 Å². The van der Waals surface area contributed by atoms with E-state index >= 15 is 0 Å². The quantitative estimate of drug-likeness (QED) is 0.161. The molecule has 0 aliphatic rings. The molecule has 0 spiro atoms. The van der Waals surface area contributed by atoms with Crippen molar-refractivity contribution in [3.63, 3.8) is 0 Å². The molecule has 0 N–H and O–H groups in total. The van der Waals surface area contributed by atoms with Gasteiger partial charge in [0.05, 0.1) is 11.0 Å². The number of hydrogen-bond donors (Lipinski definition) is 0. The Balaban J connectivity index is 1.12. The zero-order valence-corrected chi connectivity index (χ0v) is 28.5. The molecule has 10 aromatic rings. The molecule has 0 bridgehead atoms. The summed E-state index contributed by atoms with van der Waals surface area (Å²) in [5.74, 6) is 0. The van der Waals surface area contributed by atoms with E-state index in [0.717, 1.165) is 17.1 Å². The number of para-hydroxylation sites is 2. The van der Waals surface area contributed by atoms with Gasteiger partial charge in [0, 0.05) is 33.5 Å². The molecule has 1 heterocycles. The van der Waals surface area contributed by atoms with Gasteiger partial charge in [0.15, 0.2) is 0 Å². The third-order valence-electron chi connectivity index (χ3n) is 10.3. The van der Waals surface area contributed by atoms with Crippen LogP contribution in [0, 0.1) is 0 Å². The molecule has 0 aliphatic heterocycles. The van der Waals surface area contributed by atoms with E-state index in [1.54, 1.807) is 0 Å². The van der Waals surface area contributed by atoms with E-state index in [1.165, 1.54) is 71.3 Å². The van der Waals surface area contributed by atoms with E-state index in [4.69, 9.17) is 0 Å². The van der Waals surface area contributed by atoms with Gasteiger partial charge in [-0.1, -0.05) is 140 Å². The highest BCUT2D eigenvalue weighted by atomic mass is 15.1. The van der Waals surface area contributed by atoms with Gasteiger partial charge < -0.3 is 9.47 Å². The fourth-order valence-electron chi connectivity index (χ4n) is 7.82. The molecule has 2 heteroatoms. The first-order chi connectivity index (χ1) is 25.8. The lowest BCUT2D eigenvalue weighted by molar-refractivity contribution is 1.18. The number of hydrogen-bond acceptors (Lipinski definition) is 1. The molecule has 0 fully saturated rings. The molecule has 0 saturated carbocycles. The monoisotopic (exact) mass is 662 g/mol. The Kier molecular flexibility index (Phi) is 7.18. The number of anilines is 3. The van der Waals surface area contributed by atoms with Gasteiger partial charge in [-0.15, -0.1) is 0 Å². The fourth-order valence-corrected chi connectivity index (χ4v) is 7.82. The van der Waals surface area contributed by atoms with E-state index in [0.29, 0.717) is 0 Å². The molecule has 0 radical (unpaired) electrons. The van der Waals surface area contributed by atoms with Gasteiger partial charge in [-0.2, -0.15) is 0 Å². The third kappa shape index (κ3) is 5.12. The van der Waals surface area contributed by atoms with Crippen LogP contribution in [0.2, 0.25) is 0 Å². The predicted molar refractivity (Wildman–Crippen MR) is 221 cm³/mol. The summed E-state index contributed by atoms with van der Waals surface area (Å²) in [6, 6.07) is 74.6. The summed E-state index contributed by atoms with van der Waals surface area (Å²) in [7, 11) is 0. The van der Waals surface area contributed by atoms with Gasteiger partial charge in [-0.25, -0.2) is 0 Å². The Morgan fingerprint density at radius 2 is 0.788 bits per heavy atom. The minimum Gasteiger partial charge on any atom is -0.310 e. The van der Waals surface area contributed by atoms with Gasteiger partial charge in [0.25, 0.3) is 0 Å². The van der Waals surface area contributed by atoms with Crippen molar-refractivity contribution in [2.75, 3.05) is 4.90 Å². The molecule has 0 saturated heterocycles. The number of nitrogens with zero attached hydrogens (tertiary/aromatic N) is 2. The van der Waals surface area contributed by atoms with Crippen molar-refractivity contribution in [3.05, 3.63) is 206 Å². The molecule has 0 unspecified atom stereocenters. The standard InChI is InChI=1S/C50H34N2/c1-4-12-35(13-5-1)37-22-26-42(27-23-37)51(43-28-24-38(25-29-43)36-14-6-2-7-15-36)44-30-31-45-39(32-44)20-21-40-33-50-48(34-47(40)45)46-18-10-11-19-49(46)52(50)41-16-8-3-9-17-41/h1-34H. The van der Waals surface area contributed by atoms with Crippen LogP contribution >= 0.6 is 0 Å². The summed E-state index contributed by atoms with van der Waals surface area (Å²) in [5, 5.41) is 7.49. The summed E-state index contributed by atoms with van der Waals surface area (Å²) >= 11 is 0. The lowest BCUT2D eigenvalue weighted by Gasteiger charge is -2.26. The Hall–Kier alpha value is -6.90. The zero-order chi connectivity index (χ0) is 34.4. The maximum absolute atomic E-state index is 2.40. The molecule has 10 rings (SSSR count). The van der Waals surface area contributed by atoms with Crippen LogP contribution in [0.25, 0.3) is 71.3 Å². The summed E-state index contributed by atoms with van der Waals surface area (Å²) in [6.45, 7) is 0. The third-order valence-corrected chi connectivity index (χ3v) is 10.3. The van der Waals surface area contributed by atoms with Crippen molar-refractivity contribution < 1.29 is 0 Å². The second-order valence-electron chi connectivity index (χ2n) is 13.4. The SMILES string of the molecule is c1ccc(-c2ccc(N(c3ccc(-c4ccccc4)cc3)c3ccc4c(ccc5cc6c(cc54)c4ccccc4n6-c4ccccc4)c3)cc2)cc1. The van der Waals surface area contributed by atoms with Crippen LogP contribution < -0.4 is 4.90 Å². The molecule has 9 aromatic carbocycles. The average molecular weight is 663 g/mol. The van der Waals surface area contributed by atoms with E-state index in [9.17, 15) is 0 Å². The van der Waals surface area contributed by atoms with E-state index in [1.807, 2.05) is 0 Å². The second-order valence-corrected chi connectivity index (χ2v) is 13.4. The van der Waals surface area contributed by atoms with E-state index in [-0.39, 0.29) is 0 Å². The molecule has 1 aromatic heterocycles. The van der Waals surface area contributed by atoms with Crippen molar-refractivity contribution in [1.82, 2.24) is 4.57 Å². The molecule has 244 valence electrons. The first-order valence-corrected chi connectivity index (χ1v) is 17.8. The first-order valence-electron chi connectivity index (χ1n) is 17.8. The molecule has 0 atom stereocenters. The zero-order valence-electron chi connectivity index (χ0n) is 28.5. The minimum atomic E-state index is 1.11. The van der Waals surface area contributed by atoms with Gasteiger partial charge in [-0.05, 0) is 111 Å². The summed E-state index contributed by atoms with van der Waals surface area (Å²) in [6.07, 6.45) is 0. The van der Waals surface area contributed by atoms with Crippen molar-refractivity contribution in [3.8, 4) is 27.9 Å². The summed E-state index contributed by atoms with van der Waals surface area (Å²) < 4.78 is 2.39. The van der Waals surface area contributed by atoms with Crippen LogP contribution in [0.4, 0.5) is 17.1 Å². The van der Waals surface area contributed by atoms with Crippen molar-refractivity contribution in [1.29, 1.82) is 0 Å². The van der Waals surface area contributed by atoms with Crippen LogP contribution in [0.1, 0.15) is 0 Å². The van der Waals surface area contributed by atoms with Crippen molar-refractivity contribution in [2.45, 2.75) is 0 Å². The van der Waals surface area contributed by atoms with Crippen molar-refractivity contribution >= 4 is 60.4 Å². The summed E-state index contributed by atoms with van der Waals surface area (Å²) in [4.78, 5) is 2.36. The maximum atomic E-state index is 2.40. The largest absolute Gasteiger partial charge is 0.310 e. The van der Waals surface area contributed by atoms with Crippen LogP contribution in [-0.4, -0.2) is 4.57 Å². The van der Waals surface area contributed by atoms with Gasteiger partial charge in [0.1, 0.15) is 0 Å². The highest BCUT2D eigenvalue weighted by Gasteiger charge is 2.17. The average Bonchev–Trinajstić information content (AvgIpc) is 3.55. The van der Waals surface area contributed by atoms with E-state index in [2.05, 4.69) is 216 Å². The number of benzene rings is 9. The van der Waals surface area contributed by atoms with E-state index < -0.39 is 0 Å². The maximum Gasteiger partial charge on any atom is 0.0547 e. The van der Waals surface area contributed by atoms with Crippen molar-refractivity contribution in [2.24, 2.45) is 0 Å². The van der Waals surface area contributed by atoms with Crippen LogP contribution in [0.15, 0.2) is 206 Å². The molecular formula is C50H34N2. The Bertz CT molecular complexity index is 2770. The second kappa shape index (κ2) is 12.5. The molecule has 2 nitrogen and oxygen atoms in total. The van der Waals surface area contributed by atoms with Gasteiger partial charge in [-0.3, -0.25) is 0 Å². The number of fused-ring (bicyclic) bond motifs is 6. The summed E-state index contributed by atoms with van der Waals surface area (Å²) in [5.41, 5.74) is 11.8. The molecular weight excluding hydrogens is 629 g/mol. The molecule has 52 heavy (non-hydrogen) atoms. The number of rotatable bonds is 6. The minimum absolute atomic E-state index is 1.11. The van der Waals surface area contributed by atoms with Crippen LogP contribution in [0.5, 0.6) is 0 Å². The van der Waals surface area contributed by atoms with Crippen LogP contribution in [-0.2, 0) is 0 Å². The normalized spacial score (nSPS) is 11.5. The van der Waals surface area contributed by atoms with Gasteiger partial charge >= 0.3 is 0 Å². The highest BCUT2D eigenvalue weighted by Crippen LogP contribution is 2.41. The number of aromatic nitrogens is 1.